The van der Waals surface area contributed by atoms with Crippen LogP contribution in [0.2, 0.25) is 0 Å². The highest BCUT2D eigenvalue weighted by molar-refractivity contribution is 5.95. The zero-order valence-electron chi connectivity index (χ0n) is 15.4. The SMILES string of the molecule is CNc1cc(Nc2cccn(C)c2=O)nn2c(C(=O)NC3(C#N)CC3)cnc12. The quantitative estimate of drug-likeness (QED) is 0.604. The molecular weight excluding hydrogens is 360 g/mol. The summed E-state index contributed by atoms with van der Waals surface area (Å²) in [7, 11) is 3.38. The van der Waals surface area contributed by atoms with E-state index < -0.39 is 11.4 Å². The van der Waals surface area contributed by atoms with E-state index in [0.29, 0.717) is 35.7 Å². The van der Waals surface area contributed by atoms with Crippen LogP contribution in [0, 0.1) is 11.3 Å². The number of carbonyl (C=O) groups excluding carboxylic acids is 1. The maximum absolute atomic E-state index is 12.6. The molecule has 1 aliphatic rings. The van der Waals surface area contributed by atoms with E-state index >= 15 is 0 Å². The van der Waals surface area contributed by atoms with E-state index in [1.165, 1.54) is 15.3 Å². The first kappa shape index (κ1) is 17.5. The molecule has 0 bridgehead atoms. The van der Waals surface area contributed by atoms with Gasteiger partial charge in [-0.2, -0.15) is 5.26 Å². The minimum absolute atomic E-state index is 0.205. The molecular formula is C18H18N8O2. The van der Waals surface area contributed by atoms with Crippen molar-refractivity contribution in [3.63, 3.8) is 0 Å². The number of nitriles is 1. The molecule has 0 aliphatic heterocycles. The largest absolute Gasteiger partial charge is 0.385 e. The van der Waals surface area contributed by atoms with Gasteiger partial charge >= 0.3 is 0 Å². The van der Waals surface area contributed by atoms with Crippen molar-refractivity contribution in [2.75, 3.05) is 17.7 Å². The molecule has 0 unspecified atom stereocenters. The third-order valence-corrected chi connectivity index (χ3v) is 4.67. The highest BCUT2D eigenvalue weighted by Crippen LogP contribution is 2.34. The number of aryl methyl sites for hydroxylation is 1. The number of anilines is 3. The van der Waals surface area contributed by atoms with Crippen LogP contribution in [0.5, 0.6) is 0 Å². The molecule has 0 radical (unpaired) electrons. The van der Waals surface area contributed by atoms with Crippen LogP contribution in [-0.2, 0) is 7.05 Å². The van der Waals surface area contributed by atoms with Crippen molar-refractivity contribution < 1.29 is 4.79 Å². The lowest BCUT2D eigenvalue weighted by molar-refractivity contribution is 0.0934. The second kappa shape index (κ2) is 6.38. The zero-order chi connectivity index (χ0) is 19.9. The van der Waals surface area contributed by atoms with E-state index in [0.717, 1.165) is 0 Å². The van der Waals surface area contributed by atoms with Gasteiger partial charge in [0.15, 0.2) is 17.2 Å². The Balaban J connectivity index is 1.75. The van der Waals surface area contributed by atoms with Crippen molar-refractivity contribution in [3.05, 3.63) is 46.6 Å². The number of carbonyl (C=O) groups is 1. The molecule has 28 heavy (non-hydrogen) atoms. The van der Waals surface area contributed by atoms with Crippen LogP contribution in [0.3, 0.4) is 0 Å². The fraction of sp³-hybridized carbons (Fsp3) is 0.278. The van der Waals surface area contributed by atoms with Crippen LogP contribution in [0.4, 0.5) is 17.2 Å². The van der Waals surface area contributed by atoms with Gasteiger partial charge in [0.25, 0.3) is 11.5 Å². The molecule has 10 heteroatoms. The van der Waals surface area contributed by atoms with E-state index in [4.69, 9.17) is 0 Å². The van der Waals surface area contributed by atoms with Crippen molar-refractivity contribution in [2.45, 2.75) is 18.4 Å². The number of aromatic nitrogens is 4. The van der Waals surface area contributed by atoms with Gasteiger partial charge < -0.3 is 20.5 Å². The molecule has 3 N–H and O–H groups in total. The first-order valence-corrected chi connectivity index (χ1v) is 8.69. The average Bonchev–Trinajstić information content (AvgIpc) is 3.33. The van der Waals surface area contributed by atoms with E-state index in [-0.39, 0.29) is 11.3 Å². The number of hydrogen-bond acceptors (Lipinski definition) is 7. The van der Waals surface area contributed by atoms with Gasteiger partial charge in [-0.25, -0.2) is 9.50 Å². The average molecular weight is 378 g/mol. The van der Waals surface area contributed by atoms with Crippen molar-refractivity contribution in [3.8, 4) is 6.07 Å². The maximum Gasteiger partial charge on any atom is 0.274 e. The number of fused-ring (bicyclic) bond motifs is 1. The van der Waals surface area contributed by atoms with Gasteiger partial charge in [0, 0.05) is 26.4 Å². The van der Waals surface area contributed by atoms with Gasteiger partial charge in [-0.1, -0.05) is 0 Å². The van der Waals surface area contributed by atoms with Crippen LogP contribution < -0.4 is 21.5 Å². The molecule has 0 saturated heterocycles. The Morgan fingerprint density at radius 1 is 1.36 bits per heavy atom. The van der Waals surface area contributed by atoms with Gasteiger partial charge in [-0.05, 0) is 25.0 Å². The minimum atomic E-state index is -0.792. The molecule has 1 saturated carbocycles. The molecule has 3 heterocycles. The maximum atomic E-state index is 12.6. The van der Waals surface area contributed by atoms with Crippen LogP contribution in [-0.4, -0.2) is 37.7 Å². The molecule has 1 aliphatic carbocycles. The van der Waals surface area contributed by atoms with Crippen LogP contribution in [0.15, 0.2) is 35.4 Å². The van der Waals surface area contributed by atoms with Gasteiger partial charge in [-0.3, -0.25) is 9.59 Å². The molecule has 0 atom stereocenters. The predicted molar refractivity (Wildman–Crippen MR) is 103 cm³/mol. The number of amides is 1. The number of nitrogens with one attached hydrogen (secondary N) is 3. The summed E-state index contributed by atoms with van der Waals surface area (Å²) in [6.45, 7) is 0. The van der Waals surface area contributed by atoms with Crippen LogP contribution in [0.1, 0.15) is 23.3 Å². The van der Waals surface area contributed by atoms with Crippen LogP contribution in [0.25, 0.3) is 5.65 Å². The number of rotatable bonds is 5. The van der Waals surface area contributed by atoms with Gasteiger partial charge in [0.2, 0.25) is 0 Å². The lowest BCUT2D eigenvalue weighted by Gasteiger charge is -2.11. The molecule has 3 aromatic rings. The van der Waals surface area contributed by atoms with E-state index in [2.05, 4.69) is 32.1 Å². The Morgan fingerprint density at radius 2 is 2.14 bits per heavy atom. The summed E-state index contributed by atoms with van der Waals surface area (Å²) in [5, 5.41) is 22.4. The summed E-state index contributed by atoms with van der Waals surface area (Å²) in [5.74, 6) is -0.0532. The van der Waals surface area contributed by atoms with Crippen LogP contribution >= 0.6 is 0 Å². The normalized spacial score (nSPS) is 14.3. The third kappa shape index (κ3) is 2.92. The Hall–Kier alpha value is -3.87. The summed E-state index contributed by atoms with van der Waals surface area (Å²) < 4.78 is 2.84. The Labute approximate surface area is 159 Å². The van der Waals surface area contributed by atoms with Crippen molar-refractivity contribution in [1.29, 1.82) is 5.26 Å². The summed E-state index contributed by atoms with van der Waals surface area (Å²) in [5.41, 5.74) is 0.651. The second-order valence-electron chi connectivity index (χ2n) is 6.68. The minimum Gasteiger partial charge on any atom is -0.385 e. The summed E-state index contributed by atoms with van der Waals surface area (Å²) in [6.07, 6.45) is 4.33. The molecule has 1 amide bonds. The number of imidazole rings is 1. The van der Waals surface area contributed by atoms with Gasteiger partial charge in [0.05, 0.1) is 18.0 Å². The second-order valence-corrected chi connectivity index (χ2v) is 6.68. The summed E-state index contributed by atoms with van der Waals surface area (Å²) >= 11 is 0. The van der Waals surface area contributed by atoms with E-state index in [1.807, 2.05) is 0 Å². The zero-order valence-corrected chi connectivity index (χ0v) is 15.4. The molecule has 1 fully saturated rings. The standard InChI is InChI=1S/C18H18N8O2/c1-20-12-8-14(22-11-4-3-7-25(2)17(11)28)24-26-13(9-21-15(12)26)16(27)23-18(10-19)5-6-18/h3-4,7-9,20H,5-6H2,1-2H3,(H,22,24)(H,23,27). The first-order valence-electron chi connectivity index (χ1n) is 8.69. The number of pyridine rings is 1. The fourth-order valence-electron chi connectivity index (χ4n) is 2.87. The Bertz CT molecular complexity index is 1180. The highest BCUT2D eigenvalue weighted by Gasteiger charge is 2.45. The molecule has 0 aromatic carbocycles. The first-order chi connectivity index (χ1) is 13.5. The number of nitrogens with zero attached hydrogens (tertiary/aromatic N) is 5. The number of hydrogen-bond donors (Lipinski definition) is 3. The molecule has 142 valence electrons. The van der Waals surface area contributed by atoms with Crippen molar-refractivity contribution in [1.82, 2.24) is 24.5 Å². The lowest BCUT2D eigenvalue weighted by atomic mass is 10.3. The predicted octanol–water partition coefficient (Wildman–Crippen LogP) is 0.999. The molecule has 10 nitrogen and oxygen atoms in total. The molecule has 3 aromatic heterocycles. The fourth-order valence-corrected chi connectivity index (χ4v) is 2.87. The summed E-state index contributed by atoms with van der Waals surface area (Å²) in [6, 6.07) is 7.23. The third-order valence-electron chi connectivity index (χ3n) is 4.67. The smallest absolute Gasteiger partial charge is 0.274 e. The monoisotopic (exact) mass is 378 g/mol. The summed E-state index contributed by atoms with van der Waals surface area (Å²) in [4.78, 5) is 29.2. The van der Waals surface area contributed by atoms with Gasteiger partial charge in [0.1, 0.15) is 11.2 Å². The molecule has 4 rings (SSSR count). The topological polar surface area (TPSA) is 129 Å². The van der Waals surface area contributed by atoms with Crippen molar-refractivity contribution >= 4 is 28.7 Å². The Kier molecular flexibility index (Phi) is 4.00. The van der Waals surface area contributed by atoms with Crippen molar-refractivity contribution in [2.24, 2.45) is 7.05 Å². The van der Waals surface area contributed by atoms with E-state index in [9.17, 15) is 14.9 Å². The molecule has 0 spiro atoms. The lowest BCUT2D eigenvalue weighted by Crippen LogP contribution is -2.36. The Morgan fingerprint density at radius 3 is 2.82 bits per heavy atom. The highest BCUT2D eigenvalue weighted by atomic mass is 16.2. The van der Waals surface area contributed by atoms with Gasteiger partial charge in [-0.15, -0.1) is 5.10 Å². The van der Waals surface area contributed by atoms with E-state index in [1.54, 1.807) is 38.5 Å².